The molecule has 0 bridgehead atoms. The number of halogens is 2. The van der Waals surface area contributed by atoms with E-state index in [1.807, 2.05) is 24.9 Å². The Kier molecular flexibility index (Phi) is 11.9. The summed E-state index contributed by atoms with van der Waals surface area (Å²) in [5.74, 6) is 2.00. The summed E-state index contributed by atoms with van der Waals surface area (Å²) in [5, 5.41) is 6.25. The van der Waals surface area contributed by atoms with Crippen LogP contribution >= 0.6 is 51.7 Å². The molecule has 0 aromatic heterocycles. The lowest BCUT2D eigenvalue weighted by Crippen LogP contribution is -2.35. The smallest absolute Gasteiger partial charge is 0.190 e. The summed E-state index contributed by atoms with van der Waals surface area (Å²) in [6, 6.07) is 8.35. The summed E-state index contributed by atoms with van der Waals surface area (Å²) >= 11 is 5.46. The molecule has 0 fully saturated rings. The highest BCUT2D eigenvalue weighted by atomic mass is 127. The molecule has 2 N–H and O–H groups in total. The third-order valence-electron chi connectivity index (χ3n) is 2.42. The maximum Gasteiger partial charge on any atom is 0.190 e. The first-order valence-corrected chi connectivity index (χ1v) is 7.81. The van der Waals surface area contributed by atoms with Crippen LogP contribution in [-0.4, -0.2) is 32.4 Å². The van der Waals surface area contributed by atoms with Gasteiger partial charge < -0.3 is 10.6 Å². The van der Waals surface area contributed by atoms with Crippen LogP contribution in [0, 0.1) is 0 Å². The lowest BCUT2D eigenvalue weighted by molar-refractivity contribution is 0.746. The predicted octanol–water partition coefficient (Wildman–Crippen LogP) is 3.73. The number of thioether (sulfide) groups is 1. The van der Waals surface area contributed by atoms with Crippen molar-refractivity contribution in [3.05, 3.63) is 28.7 Å². The van der Waals surface area contributed by atoms with Crippen molar-refractivity contribution >= 4 is 57.6 Å². The van der Waals surface area contributed by atoms with Gasteiger partial charge in [-0.15, -0.1) is 35.7 Å². The molecule has 19 heavy (non-hydrogen) atoms. The Morgan fingerprint density at radius 2 is 2.05 bits per heavy atom. The Morgan fingerprint density at radius 3 is 2.68 bits per heavy atom. The summed E-state index contributed by atoms with van der Waals surface area (Å²) in [6.45, 7) is 0.962. The van der Waals surface area contributed by atoms with Crippen LogP contribution < -0.4 is 10.6 Å². The van der Waals surface area contributed by atoms with Crippen molar-refractivity contribution in [3.63, 3.8) is 0 Å². The van der Waals surface area contributed by atoms with Crippen LogP contribution in [0.4, 0.5) is 0 Å². The van der Waals surface area contributed by atoms with E-state index in [0.717, 1.165) is 24.7 Å². The number of unbranched alkanes of at least 4 members (excludes halogenated alkanes) is 1. The van der Waals surface area contributed by atoms with Crippen molar-refractivity contribution in [1.29, 1.82) is 0 Å². The van der Waals surface area contributed by atoms with E-state index in [-0.39, 0.29) is 24.0 Å². The van der Waals surface area contributed by atoms with Crippen LogP contribution in [-0.2, 0) is 0 Å². The number of nitrogens with one attached hydrogen (secondary N) is 2. The van der Waals surface area contributed by atoms with E-state index >= 15 is 0 Å². The van der Waals surface area contributed by atoms with Crippen molar-refractivity contribution < 1.29 is 0 Å². The van der Waals surface area contributed by atoms with Gasteiger partial charge in [-0.25, -0.2) is 0 Å². The third kappa shape index (κ3) is 8.04. The quantitative estimate of drug-likeness (QED) is 0.224. The molecule has 0 spiro atoms. The largest absolute Gasteiger partial charge is 0.359 e. The second kappa shape index (κ2) is 11.8. The number of hydrogen-bond acceptors (Lipinski definition) is 2. The first-order valence-electron chi connectivity index (χ1n) is 6.03. The monoisotopic (exact) mass is 457 g/mol. The highest BCUT2D eigenvalue weighted by molar-refractivity contribution is 14.0. The molecule has 0 unspecified atom stereocenters. The molecule has 108 valence electrons. The highest BCUT2D eigenvalue weighted by Crippen LogP contribution is 2.27. The zero-order valence-electron chi connectivity index (χ0n) is 11.3. The molecule has 0 atom stereocenters. The minimum atomic E-state index is 0. The second-order valence-electron chi connectivity index (χ2n) is 3.73. The number of benzene rings is 1. The molecule has 0 aliphatic heterocycles. The average molecular weight is 458 g/mol. The van der Waals surface area contributed by atoms with E-state index in [0.29, 0.717) is 0 Å². The van der Waals surface area contributed by atoms with E-state index in [1.54, 1.807) is 7.05 Å². The lowest BCUT2D eigenvalue weighted by atomic mass is 10.3. The Bertz CT molecular complexity index is 388. The van der Waals surface area contributed by atoms with Gasteiger partial charge >= 0.3 is 0 Å². The van der Waals surface area contributed by atoms with E-state index in [4.69, 9.17) is 0 Å². The molecule has 0 aliphatic carbocycles. The van der Waals surface area contributed by atoms with Gasteiger partial charge in [0.15, 0.2) is 5.96 Å². The molecule has 0 heterocycles. The Morgan fingerprint density at radius 1 is 1.32 bits per heavy atom. The number of hydrogen-bond donors (Lipinski definition) is 2. The average Bonchev–Trinajstić information content (AvgIpc) is 2.40. The van der Waals surface area contributed by atoms with Crippen LogP contribution in [0.1, 0.15) is 12.8 Å². The van der Waals surface area contributed by atoms with Gasteiger partial charge in [-0.05, 0) is 46.7 Å². The Balaban J connectivity index is 0.00000324. The molecule has 3 nitrogen and oxygen atoms in total. The molecular formula is C13H21BrIN3S. The van der Waals surface area contributed by atoms with Crippen molar-refractivity contribution in [2.45, 2.75) is 17.7 Å². The second-order valence-corrected chi connectivity index (χ2v) is 5.73. The first-order chi connectivity index (χ1) is 8.77. The molecule has 1 rings (SSSR count). The van der Waals surface area contributed by atoms with Gasteiger partial charge in [-0.3, -0.25) is 4.99 Å². The third-order valence-corrected chi connectivity index (χ3v) is 4.53. The lowest BCUT2D eigenvalue weighted by Gasteiger charge is -2.08. The molecule has 0 radical (unpaired) electrons. The van der Waals surface area contributed by atoms with Crippen molar-refractivity contribution in [2.24, 2.45) is 4.99 Å². The van der Waals surface area contributed by atoms with Crippen LogP contribution in [0.15, 0.2) is 38.6 Å². The number of nitrogens with zero attached hydrogens (tertiary/aromatic N) is 1. The van der Waals surface area contributed by atoms with E-state index in [1.165, 1.54) is 15.8 Å². The molecular weight excluding hydrogens is 437 g/mol. The fourth-order valence-corrected chi connectivity index (χ4v) is 3.03. The van der Waals surface area contributed by atoms with Gasteiger partial charge in [0.1, 0.15) is 0 Å². The topological polar surface area (TPSA) is 36.4 Å². The molecule has 0 amide bonds. The fourth-order valence-electron chi connectivity index (χ4n) is 1.46. The van der Waals surface area contributed by atoms with E-state index in [2.05, 4.69) is 49.8 Å². The van der Waals surface area contributed by atoms with Gasteiger partial charge in [-0.1, -0.05) is 12.1 Å². The van der Waals surface area contributed by atoms with Crippen molar-refractivity contribution in [3.8, 4) is 0 Å². The van der Waals surface area contributed by atoms with Gasteiger partial charge in [-0.2, -0.15) is 0 Å². The minimum absolute atomic E-state index is 0. The zero-order chi connectivity index (χ0) is 13.2. The standard InChI is InChI=1S/C13H20BrN3S.HI/c1-15-13(16-2)17-9-5-6-10-18-12-8-4-3-7-11(12)14;/h3-4,7-8H,5-6,9-10H2,1-2H3,(H2,15,16,17);1H. The Hall–Kier alpha value is 0.0500. The minimum Gasteiger partial charge on any atom is -0.359 e. The maximum atomic E-state index is 4.07. The molecule has 6 heteroatoms. The molecule has 0 saturated heterocycles. The van der Waals surface area contributed by atoms with Crippen molar-refractivity contribution in [1.82, 2.24) is 10.6 Å². The molecule has 1 aromatic carbocycles. The summed E-state index contributed by atoms with van der Waals surface area (Å²) in [6.07, 6.45) is 2.35. The van der Waals surface area contributed by atoms with Gasteiger partial charge in [0.25, 0.3) is 0 Å². The summed E-state index contributed by atoms with van der Waals surface area (Å²) in [5.41, 5.74) is 0. The zero-order valence-corrected chi connectivity index (χ0v) is 16.0. The summed E-state index contributed by atoms with van der Waals surface area (Å²) in [7, 11) is 3.65. The van der Waals surface area contributed by atoms with Crippen LogP contribution in [0.2, 0.25) is 0 Å². The highest BCUT2D eigenvalue weighted by Gasteiger charge is 1.99. The predicted molar refractivity (Wildman–Crippen MR) is 99.9 cm³/mol. The van der Waals surface area contributed by atoms with Crippen LogP contribution in [0.3, 0.4) is 0 Å². The number of aliphatic imine (C=N–C) groups is 1. The van der Waals surface area contributed by atoms with E-state index in [9.17, 15) is 0 Å². The van der Waals surface area contributed by atoms with Crippen LogP contribution in [0.25, 0.3) is 0 Å². The van der Waals surface area contributed by atoms with E-state index < -0.39 is 0 Å². The Labute approximate surface area is 145 Å². The summed E-state index contributed by atoms with van der Waals surface area (Å²) in [4.78, 5) is 5.38. The first kappa shape index (κ1) is 19.1. The number of guanidine groups is 1. The fraction of sp³-hybridized carbons (Fsp3) is 0.462. The molecule has 1 aromatic rings. The SMILES string of the molecule is CN=C(NC)NCCCCSc1ccccc1Br.I. The number of rotatable bonds is 6. The van der Waals surface area contributed by atoms with Gasteiger partial charge in [0, 0.05) is 30.0 Å². The van der Waals surface area contributed by atoms with Crippen LogP contribution in [0.5, 0.6) is 0 Å². The van der Waals surface area contributed by atoms with Gasteiger partial charge in [0.05, 0.1) is 0 Å². The summed E-state index contributed by atoms with van der Waals surface area (Å²) < 4.78 is 1.18. The maximum absolute atomic E-state index is 4.07. The molecule has 0 aliphatic rings. The van der Waals surface area contributed by atoms with Gasteiger partial charge in [0.2, 0.25) is 0 Å². The normalized spacial score (nSPS) is 10.8. The molecule has 0 saturated carbocycles. The van der Waals surface area contributed by atoms with Crippen molar-refractivity contribution in [2.75, 3.05) is 26.4 Å².